The van der Waals surface area contributed by atoms with Crippen molar-refractivity contribution < 1.29 is 9.21 Å². The van der Waals surface area contributed by atoms with E-state index in [9.17, 15) is 4.79 Å². The van der Waals surface area contributed by atoms with E-state index in [2.05, 4.69) is 5.32 Å². The average Bonchev–Trinajstić information content (AvgIpc) is 2.81. The van der Waals surface area contributed by atoms with Gasteiger partial charge in [0.05, 0.1) is 0 Å². The minimum atomic E-state index is -0.214. The summed E-state index contributed by atoms with van der Waals surface area (Å²) in [5, 5.41) is 2.79. The highest BCUT2D eigenvalue weighted by molar-refractivity contribution is 6.02. The van der Waals surface area contributed by atoms with Crippen LogP contribution < -0.4 is 5.32 Å². The van der Waals surface area contributed by atoms with Gasteiger partial charge in [0.1, 0.15) is 5.76 Å². The van der Waals surface area contributed by atoms with E-state index in [1.54, 1.807) is 6.07 Å². The van der Waals surface area contributed by atoms with Gasteiger partial charge in [-0.05, 0) is 31.2 Å². The lowest BCUT2D eigenvalue weighted by Crippen LogP contribution is -2.10. The van der Waals surface area contributed by atoms with Crippen LogP contribution in [0.1, 0.15) is 28.8 Å². The molecular weight excluding hydrogens is 214 g/mol. The molecule has 0 atom stereocenters. The zero-order valence-electron chi connectivity index (χ0n) is 9.99. The first-order valence-corrected chi connectivity index (χ1v) is 5.66. The number of rotatable bonds is 3. The van der Waals surface area contributed by atoms with Gasteiger partial charge in [0.2, 0.25) is 0 Å². The molecule has 0 aliphatic carbocycles. The largest absolute Gasteiger partial charge is 0.456 e. The Balaban J connectivity index is 2.08. The molecule has 0 aliphatic heterocycles. The molecule has 0 saturated carbocycles. The summed E-state index contributed by atoms with van der Waals surface area (Å²) < 4.78 is 5.38. The van der Waals surface area contributed by atoms with Gasteiger partial charge in [-0.1, -0.05) is 24.6 Å². The zero-order valence-corrected chi connectivity index (χ0v) is 9.99. The van der Waals surface area contributed by atoms with Gasteiger partial charge in [0, 0.05) is 12.1 Å². The Morgan fingerprint density at radius 2 is 1.88 bits per heavy atom. The maximum Gasteiger partial charge on any atom is 0.291 e. The normalized spacial score (nSPS) is 10.2. The maximum absolute atomic E-state index is 11.8. The fourth-order valence-corrected chi connectivity index (χ4v) is 1.52. The number of furan rings is 1. The molecule has 1 N–H and O–H groups in total. The molecule has 0 bridgehead atoms. The standard InChI is InChI=1S/C14H15NO2/c1-3-12-8-9-13(17-12)14(16)15-11-6-4-10(2)5-7-11/h4-9H,3H2,1-2H3,(H,15,16). The second-order valence-corrected chi connectivity index (χ2v) is 3.94. The Kier molecular flexibility index (Phi) is 3.28. The highest BCUT2D eigenvalue weighted by Crippen LogP contribution is 2.13. The average molecular weight is 229 g/mol. The van der Waals surface area contributed by atoms with Crippen LogP contribution in [0.15, 0.2) is 40.8 Å². The molecule has 3 nitrogen and oxygen atoms in total. The molecular formula is C14H15NO2. The van der Waals surface area contributed by atoms with Gasteiger partial charge in [-0.25, -0.2) is 0 Å². The molecule has 0 aliphatic rings. The van der Waals surface area contributed by atoms with E-state index in [1.165, 1.54) is 0 Å². The molecule has 3 heteroatoms. The third kappa shape index (κ3) is 2.75. The van der Waals surface area contributed by atoms with Crippen molar-refractivity contribution in [2.24, 2.45) is 0 Å². The number of hydrogen-bond donors (Lipinski definition) is 1. The molecule has 2 aromatic rings. The molecule has 88 valence electrons. The third-order valence-electron chi connectivity index (χ3n) is 2.54. The number of amides is 1. The van der Waals surface area contributed by atoms with Crippen molar-refractivity contribution in [1.82, 2.24) is 0 Å². The molecule has 17 heavy (non-hydrogen) atoms. The smallest absolute Gasteiger partial charge is 0.291 e. The van der Waals surface area contributed by atoms with Crippen molar-refractivity contribution in [3.8, 4) is 0 Å². The number of anilines is 1. The molecule has 0 unspecified atom stereocenters. The van der Waals surface area contributed by atoms with Gasteiger partial charge in [0.25, 0.3) is 5.91 Å². The van der Waals surface area contributed by atoms with E-state index in [-0.39, 0.29) is 5.91 Å². The predicted octanol–water partition coefficient (Wildman–Crippen LogP) is 3.40. The summed E-state index contributed by atoms with van der Waals surface area (Å²) in [6, 6.07) is 11.2. The van der Waals surface area contributed by atoms with Gasteiger partial charge in [-0.2, -0.15) is 0 Å². The second kappa shape index (κ2) is 4.87. The quantitative estimate of drug-likeness (QED) is 0.876. The van der Waals surface area contributed by atoms with Crippen molar-refractivity contribution in [3.05, 3.63) is 53.5 Å². The lowest BCUT2D eigenvalue weighted by molar-refractivity contribution is 0.0995. The van der Waals surface area contributed by atoms with Gasteiger partial charge < -0.3 is 9.73 Å². The van der Waals surface area contributed by atoms with Crippen LogP contribution in [0, 0.1) is 6.92 Å². The Labute approximate surface area is 100 Å². The maximum atomic E-state index is 11.8. The SMILES string of the molecule is CCc1ccc(C(=O)Nc2ccc(C)cc2)o1. The fraction of sp³-hybridized carbons (Fsp3) is 0.214. The second-order valence-electron chi connectivity index (χ2n) is 3.94. The van der Waals surface area contributed by atoms with E-state index >= 15 is 0 Å². The first kappa shape index (κ1) is 11.5. The Morgan fingerprint density at radius 3 is 2.47 bits per heavy atom. The number of carbonyl (C=O) groups excluding carboxylic acids is 1. The van der Waals surface area contributed by atoms with Crippen molar-refractivity contribution in [1.29, 1.82) is 0 Å². The lowest BCUT2D eigenvalue weighted by atomic mass is 10.2. The Bertz CT molecular complexity index is 511. The van der Waals surface area contributed by atoms with Crippen molar-refractivity contribution >= 4 is 11.6 Å². The van der Waals surface area contributed by atoms with Crippen molar-refractivity contribution in [2.75, 3.05) is 5.32 Å². The molecule has 1 aromatic carbocycles. The monoisotopic (exact) mass is 229 g/mol. The van der Waals surface area contributed by atoms with Gasteiger partial charge in [-0.3, -0.25) is 4.79 Å². The Hall–Kier alpha value is -2.03. The molecule has 0 spiro atoms. The van der Waals surface area contributed by atoms with Gasteiger partial charge in [0.15, 0.2) is 5.76 Å². The zero-order chi connectivity index (χ0) is 12.3. The summed E-state index contributed by atoms with van der Waals surface area (Å²) in [7, 11) is 0. The van der Waals surface area contributed by atoms with Crippen LogP contribution in [0.25, 0.3) is 0 Å². The lowest BCUT2D eigenvalue weighted by Gasteiger charge is -2.03. The fourth-order valence-electron chi connectivity index (χ4n) is 1.52. The minimum absolute atomic E-state index is 0.214. The third-order valence-corrected chi connectivity index (χ3v) is 2.54. The van der Waals surface area contributed by atoms with Crippen LogP contribution in [-0.2, 0) is 6.42 Å². The summed E-state index contributed by atoms with van der Waals surface area (Å²) in [4.78, 5) is 11.8. The molecule has 1 aromatic heterocycles. The van der Waals surface area contributed by atoms with Gasteiger partial charge >= 0.3 is 0 Å². The first-order valence-electron chi connectivity index (χ1n) is 5.66. The van der Waals surface area contributed by atoms with Crippen molar-refractivity contribution in [3.63, 3.8) is 0 Å². The van der Waals surface area contributed by atoms with Crippen LogP contribution in [0.4, 0.5) is 5.69 Å². The molecule has 0 saturated heterocycles. The number of aryl methyl sites for hydroxylation is 2. The van der Waals surface area contributed by atoms with E-state index in [4.69, 9.17) is 4.42 Å². The predicted molar refractivity (Wildman–Crippen MR) is 67.2 cm³/mol. The van der Waals surface area contributed by atoms with Crippen molar-refractivity contribution in [2.45, 2.75) is 20.3 Å². The van der Waals surface area contributed by atoms with E-state index in [1.807, 2.05) is 44.2 Å². The van der Waals surface area contributed by atoms with Crippen LogP contribution in [-0.4, -0.2) is 5.91 Å². The number of nitrogens with one attached hydrogen (secondary N) is 1. The highest BCUT2D eigenvalue weighted by atomic mass is 16.3. The summed E-state index contributed by atoms with van der Waals surface area (Å²) in [5.74, 6) is 0.954. The van der Waals surface area contributed by atoms with Crippen LogP contribution in [0.5, 0.6) is 0 Å². The molecule has 1 heterocycles. The minimum Gasteiger partial charge on any atom is -0.456 e. The molecule has 2 rings (SSSR count). The topological polar surface area (TPSA) is 42.2 Å². The van der Waals surface area contributed by atoms with E-state index < -0.39 is 0 Å². The van der Waals surface area contributed by atoms with Gasteiger partial charge in [-0.15, -0.1) is 0 Å². The number of hydrogen-bond acceptors (Lipinski definition) is 2. The summed E-state index contributed by atoms with van der Waals surface area (Å²) in [5.41, 5.74) is 1.93. The molecule has 0 radical (unpaired) electrons. The Morgan fingerprint density at radius 1 is 1.18 bits per heavy atom. The first-order chi connectivity index (χ1) is 8.19. The van der Waals surface area contributed by atoms with Crippen LogP contribution in [0.3, 0.4) is 0 Å². The number of carbonyl (C=O) groups is 1. The number of benzene rings is 1. The summed E-state index contributed by atoms with van der Waals surface area (Å²) in [6.07, 6.45) is 0.789. The summed E-state index contributed by atoms with van der Waals surface area (Å²) >= 11 is 0. The molecule has 1 amide bonds. The summed E-state index contributed by atoms with van der Waals surface area (Å²) in [6.45, 7) is 3.99. The van der Waals surface area contributed by atoms with Crippen LogP contribution >= 0.6 is 0 Å². The van der Waals surface area contributed by atoms with E-state index in [0.29, 0.717) is 5.76 Å². The highest BCUT2D eigenvalue weighted by Gasteiger charge is 2.10. The van der Waals surface area contributed by atoms with Crippen LogP contribution in [0.2, 0.25) is 0 Å². The molecule has 0 fully saturated rings. The van der Waals surface area contributed by atoms with E-state index in [0.717, 1.165) is 23.4 Å².